The van der Waals surface area contributed by atoms with Crippen LogP contribution in [0.3, 0.4) is 0 Å². The molecule has 0 fully saturated rings. The summed E-state index contributed by atoms with van der Waals surface area (Å²) in [5.74, 6) is 0. The van der Waals surface area contributed by atoms with Gasteiger partial charge >= 0.3 is 0 Å². The molecular weight excluding hydrogens is 140 g/mol. The smallest absolute Gasteiger partial charge is 0.0173 e. The summed E-state index contributed by atoms with van der Waals surface area (Å²) < 4.78 is 0.215. The first kappa shape index (κ1) is 10.3. The number of hydrogen-bond donors (Lipinski definition) is 1. The van der Waals surface area contributed by atoms with Crippen LogP contribution in [0, 0.1) is 5.41 Å². The van der Waals surface area contributed by atoms with E-state index in [9.17, 15) is 0 Å². The van der Waals surface area contributed by atoms with E-state index in [1.54, 1.807) is 0 Å². The monoisotopic (exact) mass is 160 g/mol. The third kappa shape index (κ3) is 1.91. The van der Waals surface area contributed by atoms with Gasteiger partial charge in [0, 0.05) is 4.75 Å². The lowest BCUT2D eigenvalue weighted by atomic mass is 9.76. The van der Waals surface area contributed by atoms with Gasteiger partial charge in [0.1, 0.15) is 0 Å². The SMILES string of the molecule is CCC(S)(CC)C(C)(C)C. The molecule has 0 aliphatic carbocycles. The minimum Gasteiger partial charge on any atom is -0.172 e. The maximum atomic E-state index is 4.70. The predicted molar refractivity (Wildman–Crippen MR) is 51.8 cm³/mol. The lowest BCUT2D eigenvalue weighted by Crippen LogP contribution is -2.35. The fraction of sp³-hybridized carbons (Fsp3) is 1.00. The van der Waals surface area contributed by atoms with Crippen molar-refractivity contribution in [1.29, 1.82) is 0 Å². The van der Waals surface area contributed by atoms with Crippen molar-refractivity contribution >= 4 is 12.6 Å². The van der Waals surface area contributed by atoms with Gasteiger partial charge in [-0.1, -0.05) is 34.6 Å². The lowest BCUT2D eigenvalue weighted by Gasteiger charge is -2.39. The largest absolute Gasteiger partial charge is 0.172 e. The minimum absolute atomic E-state index is 0.215. The quantitative estimate of drug-likeness (QED) is 0.587. The molecule has 0 bridgehead atoms. The van der Waals surface area contributed by atoms with Gasteiger partial charge in [-0.05, 0) is 18.3 Å². The standard InChI is InChI=1S/C9H20S/c1-6-9(10,7-2)8(3,4)5/h10H,6-7H2,1-5H3. The van der Waals surface area contributed by atoms with Crippen LogP contribution >= 0.6 is 12.6 Å². The molecule has 0 aliphatic rings. The molecule has 0 aromatic heterocycles. The highest BCUT2D eigenvalue weighted by Crippen LogP contribution is 2.41. The van der Waals surface area contributed by atoms with E-state index in [0.29, 0.717) is 5.41 Å². The molecular formula is C9H20S. The van der Waals surface area contributed by atoms with Crippen LogP contribution in [0.15, 0.2) is 0 Å². The van der Waals surface area contributed by atoms with Crippen LogP contribution in [0.2, 0.25) is 0 Å². The fourth-order valence-electron chi connectivity index (χ4n) is 1.31. The van der Waals surface area contributed by atoms with E-state index in [1.165, 1.54) is 0 Å². The van der Waals surface area contributed by atoms with E-state index in [2.05, 4.69) is 34.6 Å². The lowest BCUT2D eigenvalue weighted by molar-refractivity contribution is 0.267. The fourth-order valence-corrected chi connectivity index (χ4v) is 1.31. The van der Waals surface area contributed by atoms with E-state index >= 15 is 0 Å². The van der Waals surface area contributed by atoms with Gasteiger partial charge in [0.05, 0.1) is 0 Å². The Hall–Kier alpha value is 0.350. The van der Waals surface area contributed by atoms with E-state index < -0.39 is 0 Å². The average molecular weight is 160 g/mol. The first-order valence-electron chi connectivity index (χ1n) is 4.09. The summed E-state index contributed by atoms with van der Waals surface area (Å²) in [5, 5.41) is 0. The van der Waals surface area contributed by atoms with Crippen molar-refractivity contribution in [1.82, 2.24) is 0 Å². The van der Waals surface area contributed by atoms with Gasteiger partial charge in [-0.15, -0.1) is 0 Å². The van der Waals surface area contributed by atoms with Gasteiger partial charge in [-0.25, -0.2) is 0 Å². The predicted octanol–water partition coefficient (Wildman–Crippen LogP) is 3.52. The molecule has 0 N–H and O–H groups in total. The molecule has 0 amide bonds. The molecule has 0 saturated heterocycles. The van der Waals surface area contributed by atoms with Crippen LogP contribution < -0.4 is 0 Å². The van der Waals surface area contributed by atoms with Crippen LogP contribution in [-0.2, 0) is 0 Å². The Kier molecular flexibility index (Phi) is 3.28. The molecule has 0 radical (unpaired) electrons. The molecule has 0 aliphatic heterocycles. The van der Waals surface area contributed by atoms with Gasteiger partial charge < -0.3 is 0 Å². The minimum atomic E-state index is 0.215. The molecule has 0 saturated carbocycles. The summed E-state index contributed by atoms with van der Waals surface area (Å²) in [4.78, 5) is 0. The Bertz CT molecular complexity index is 95.8. The van der Waals surface area contributed by atoms with Crippen LogP contribution in [0.5, 0.6) is 0 Å². The topological polar surface area (TPSA) is 0 Å². The summed E-state index contributed by atoms with van der Waals surface area (Å²) in [6, 6.07) is 0. The van der Waals surface area contributed by atoms with Crippen molar-refractivity contribution in [2.24, 2.45) is 5.41 Å². The van der Waals surface area contributed by atoms with E-state index in [4.69, 9.17) is 12.6 Å². The molecule has 10 heavy (non-hydrogen) atoms. The molecule has 0 aromatic rings. The molecule has 0 aromatic carbocycles. The number of thiol groups is 1. The zero-order valence-electron chi connectivity index (χ0n) is 7.86. The summed E-state index contributed by atoms with van der Waals surface area (Å²) in [6.45, 7) is 11.2. The van der Waals surface area contributed by atoms with E-state index in [0.717, 1.165) is 12.8 Å². The average Bonchev–Trinajstić information content (AvgIpc) is 1.84. The third-order valence-corrected chi connectivity index (χ3v) is 3.87. The second kappa shape index (κ2) is 3.17. The molecule has 1 heteroatoms. The highest BCUT2D eigenvalue weighted by atomic mass is 32.1. The normalized spacial score (nSPS) is 13.8. The van der Waals surface area contributed by atoms with Crippen molar-refractivity contribution in [3.05, 3.63) is 0 Å². The molecule has 0 rings (SSSR count). The molecule has 0 nitrogen and oxygen atoms in total. The van der Waals surface area contributed by atoms with Crippen molar-refractivity contribution in [3.63, 3.8) is 0 Å². The van der Waals surface area contributed by atoms with Gasteiger partial charge in [0.2, 0.25) is 0 Å². The molecule has 62 valence electrons. The highest BCUT2D eigenvalue weighted by Gasteiger charge is 2.34. The van der Waals surface area contributed by atoms with Crippen molar-refractivity contribution < 1.29 is 0 Å². The Labute approximate surface area is 70.8 Å². The van der Waals surface area contributed by atoms with Gasteiger partial charge in [-0.2, -0.15) is 12.6 Å². The Morgan fingerprint density at radius 1 is 1.00 bits per heavy atom. The van der Waals surface area contributed by atoms with Crippen molar-refractivity contribution in [3.8, 4) is 0 Å². The second-order valence-corrected chi connectivity index (χ2v) is 4.84. The van der Waals surface area contributed by atoms with E-state index in [1.807, 2.05) is 0 Å². The number of rotatable bonds is 2. The van der Waals surface area contributed by atoms with Crippen LogP contribution in [-0.4, -0.2) is 4.75 Å². The second-order valence-electron chi connectivity index (χ2n) is 3.99. The van der Waals surface area contributed by atoms with Gasteiger partial charge in [0.25, 0.3) is 0 Å². The summed E-state index contributed by atoms with van der Waals surface area (Å²) in [6.07, 6.45) is 2.30. The van der Waals surface area contributed by atoms with Crippen molar-refractivity contribution in [2.45, 2.75) is 52.2 Å². The number of hydrogen-bond acceptors (Lipinski definition) is 1. The maximum absolute atomic E-state index is 4.70. The summed E-state index contributed by atoms with van der Waals surface area (Å²) >= 11 is 4.70. The van der Waals surface area contributed by atoms with Crippen LogP contribution in [0.1, 0.15) is 47.5 Å². The van der Waals surface area contributed by atoms with Crippen LogP contribution in [0.4, 0.5) is 0 Å². The Balaban J connectivity index is 4.33. The van der Waals surface area contributed by atoms with Gasteiger partial charge in [-0.3, -0.25) is 0 Å². The van der Waals surface area contributed by atoms with Crippen LogP contribution in [0.25, 0.3) is 0 Å². The first-order chi connectivity index (χ1) is 4.37. The van der Waals surface area contributed by atoms with Crippen molar-refractivity contribution in [2.75, 3.05) is 0 Å². The highest BCUT2D eigenvalue weighted by molar-refractivity contribution is 7.81. The van der Waals surface area contributed by atoms with Gasteiger partial charge in [0.15, 0.2) is 0 Å². The molecule has 0 atom stereocenters. The first-order valence-corrected chi connectivity index (χ1v) is 4.54. The third-order valence-electron chi connectivity index (χ3n) is 2.57. The zero-order valence-corrected chi connectivity index (χ0v) is 8.76. The zero-order chi connectivity index (χ0) is 8.41. The molecule has 0 unspecified atom stereocenters. The maximum Gasteiger partial charge on any atom is 0.0173 e. The van der Waals surface area contributed by atoms with E-state index in [-0.39, 0.29) is 4.75 Å². The summed E-state index contributed by atoms with van der Waals surface area (Å²) in [7, 11) is 0. The molecule has 0 heterocycles. The Morgan fingerprint density at radius 2 is 1.30 bits per heavy atom. The Morgan fingerprint density at radius 3 is 1.30 bits per heavy atom. The summed E-state index contributed by atoms with van der Waals surface area (Å²) in [5.41, 5.74) is 0.319. The molecule has 0 spiro atoms.